The minimum atomic E-state index is -0.143. The predicted octanol–water partition coefficient (Wildman–Crippen LogP) is 2.26. The summed E-state index contributed by atoms with van der Waals surface area (Å²) in [7, 11) is 3.39. The Hall–Kier alpha value is -2.01. The van der Waals surface area contributed by atoms with Gasteiger partial charge in [-0.05, 0) is 18.2 Å². The van der Waals surface area contributed by atoms with Crippen molar-refractivity contribution < 1.29 is 9.53 Å². The fourth-order valence-corrected chi connectivity index (χ4v) is 1.92. The number of carbonyl (C=O) groups is 1. The van der Waals surface area contributed by atoms with Crippen LogP contribution >= 0.6 is 11.6 Å². The van der Waals surface area contributed by atoms with Crippen LogP contribution in [0, 0.1) is 0 Å². The molecule has 1 aromatic heterocycles. The van der Waals surface area contributed by atoms with Gasteiger partial charge in [0.05, 0.1) is 18.6 Å². The van der Waals surface area contributed by atoms with Gasteiger partial charge in [0.25, 0.3) is 0 Å². The lowest BCUT2D eigenvalue weighted by Crippen LogP contribution is -2.16. The number of halogens is 1. The van der Waals surface area contributed by atoms with Crippen LogP contribution in [-0.4, -0.2) is 22.6 Å². The maximum Gasteiger partial charge on any atom is 0.231 e. The molecule has 1 amide bonds. The molecule has 1 aromatic carbocycles. The lowest BCUT2D eigenvalue weighted by molar-refractivity contribution is -0.115. The predicted molar refractivity (Wildman–Crippen MR) is 73.5 cm³/mol. The van der Waals surface area contributed by atoms with Crippen molar-refractivity contribution in [3.63, 3.8) is 0 Å². The molecule has 19 heavy (non-hydrogen) atoms. The summed E-state index contributed by atoms with van der Waals surface area (Å²) in [5, 5.41) is 3.22. The fraction of sp³-hybridized carbons (Fsp3) is 0.231. The fourth-order valence-electron chi connectivity index (χ4n) is 1.66. The molecule has 0 saturated heterocycles. The van der Waals surface area contributed by atoms with Crippen molar-refractivity contribution in [3.05, 3.63) is 41.4 Å². The lowest BCUT2D eigenvalue weighted by atomic mass is 10.3. The number of nitrogens with one attached hydrogen (secondary N) is 1. The number of hydrogen-bond donors (Lipinski definition) is 1. The van der Waals surface area contributed by atoms with Crippen LogP contribution in [0.2, 0.25) is 5.02 Å². The quantitative estimate of drug-likeness (QED) is 0.934. The number of benzene rings is 1. The molecule has 0 bridgehead atoms. The highest BCUT2D eigenvalue weighted by atomic mass is 35.5. The number of imidazole rings is 1. The van der Waals surface area contributed by atoms with Crippen molar-refractivity contribution in [1.29, 1.82) is 0 Å². The maximum absolute atomic E-state index is 11.9. The molecule has 0 fully saturated rings. The van der Waals surface area contributed by atoms with Crippen LogP contribution in [0.4, 0.5) is 5.69 Å². The van der Waals surface area contributed by atoms with E-state index in [1.807, 2.05) is 7.05 Å². The van der Waals surface area contributed by atoms with Crippen molar-refractivity contribution in [2.24, 2.45) is 7.05 Å². The van der Waals surface area contributed by atoms with Crippen molar-refractivity contribution in [2.45, 2.75) is 6.42 Å². The zero-order chi connectivity index (χ0) is 13.8. The number of ether oxygens (including phenoxy) is 1. The minimum Gasteiger partial charge on any atom is -0.495 e. The van der Waals surface area contributed by atoms with E-state index in [2.05, 4.69) is 10.3 Å². The smallest absolute Gasteiger partial charge is 0.231 e. The molecule has 100 valence electrons. The van der Waals surface area contributed by atoms with Gasteiger partial charge in [0, 0.05) is 25.1 Å². The first-order valence-corrected chi connectivity index (χ1v) is 6.07. The molecule has 6 heteroatoms. The van der Waals surface area contributed by atoms with E-state index >= 15 is 0 Å². The van der Waals surface area contributed by atoms with E-state index in [1.165, 1.54) is 0 Å². The van der Waals surface area contributed by atoms with Gasteiger partial charge in [-0.25, -0.2) is 4.98 Å². The maximum atomic E-state index is 11.9. The summed E-state index contributed by atoms with van der Waals surface area (Å²) >= 11 is 5.99. The summed E-state index contributed by atoms with van der Waals surface area (Å²) in [5.74, 6) is 1.14. The first kappa shape index (κ1) is 13.4. The molecule has 0 saturated carbocycles. The zero-order valence-corrected chi connectivity index (χ0v) is 11.4. The Morgan fingerprint density at radius 3 is 2.89 bits per heavy atom. The highest BCUT2D eigenvalue weighted by molar-refractivity contribution is 6.32. The molecule has 2 aromatic rings. The molecular formula is C13H14ClN3O2. The Labute approximate surface area is 116 Å². The van der Waals surface area contributed by atoms with Crippen molar-refractivity contribution >= 4 is 23.2 Å². The number of rotatable bonds is 4. The summed E-state index contributed by atoms with van der Waals surface area (Å²) in [6.45, 7) is 0. The van der Waals surface area contributed by atoms with Crippen molar-refractivity contribution in [3.8, 4) is 5.75 Å². The molecule has 0 radical (unpaired) electrons. The van der Waals surface area contributed by atoms with Gasteiger partial charge in [0.1, 0.15) is 11.6 Å². The molecule has 5 nitrogen and oxygen atoms in total. The molecule has 0 aliphatic heterocycles. The first-order chi connectivity index (χ1) is 9.10. The second-order valence-corrected chi connectivity index (χ2v) is 4.44. The van der Waals surface area contributed by atoms with Gasteiger partial charge in [-0.1, -0.05) is 11.6 Å². The van der Waals surface area contributed by atoms with Gasteiger partial charge in [-0.3, -0.25) is 4.79 Å². The third-order valence-electron chi connectivity index (χ3n) is 2.68. The zero-order valence-electron chi connectivity index (χ0n) is 10.7. The van der Waals surface area contributed by atoms with Crippen LogP contribution in [0.1, 0.15) is 5.82 Å². The van der Waals surface area contributed by atoms with Crippen LogP contribution in [0.25, 0.3) is 0 Å². The van der Waals surface area contributed by atoms with Gasteiger partial charge in [-0.2, -0.15) is 0 Å². The molecule has 0 aliphatic carbocycles. The molecular weight excluding hydrogens is 266 g/mol. The number of aromatic nitrogens is 2. The van der Waals surface area contributed by atoms with Gasteiger partial charge in [0.2, 0.25) is 5.91 Å². The number of aryl methyl sites for hydroxylation is 1. The molecule has 0 unspecified atom stereocenters. The average Bonchev–Trinajstić information content (AvgIpc) is 2.75. The second kappa shape index (κ2) is 5.75. The highest BCUT2D eigenvalue weighted by Gasteiger charge is 2.09. The molecule has 1 N–H and O–H groups in total. The Morgan fingerprint density at radius 1 is 1.53 bits per heavy atom. The topological polar surface area (TPSA) is 56.1 Å². The Kier molecular flexibility index (Phi) is 4.06. The summed E-state index contributed by atoms with van der Waals surface area (Å²) in [4.78, 5) is 16.0. The van der Waals surface area contributed by atoms with E-state index < -0.39 is 0 Å². The summed E-state index contributed by atoms with van der Waals surface area (Å²) < 4.78 is 6.85. The molecule has 0 aliphatic rings. The normalized spacial score (nSPS) is 10.3. The van der Waals surface area contributed by atoms with Gasteiger partial charge in [-0.15, -0.1) is 0 Å². The molecule has 1 heterocycles. The number of amides is 1. The van der Waals surface area contributed by atoms with Gasteiger partial charge in [0.15, 0.2) is 0 Å². The SMILES string of the molecule is COc1ccc(NC(=O)Cc2nccn2C)cc1Cl. The number of carbonyl (C=O) groups excluding carboxylic acids is 1. The molecule has 0 spiro atoms. The first-order valence-electron chi connectivity index (χ1n) is 5.69. The van der Waals surface area contributed by atoms with Crippen molar-refractivity contribution in [2.75, 3.05) is 12.4 Å². The number of nitrogens with zero attached hydrogens (tertiary/aromatic N) is 2. The van der Waals surface area contributed by atoms with Crippen molar-refractivity contribution in [1.82, 2.24) is 9.55 Å². The van der Waals surface area contributed by atoms with Crippen LogP contribution in [0.3, 0.4) is 0 Å². The molecule has 2 rings (SSSR count). The monoisotopic (exact) mass is 279 g/mol. The summed E-state index contributed by atoms with van der Waals surface area (Å²) in [6, 6.07) is 5.09. The largest absolute Gasteiger partial charge is 0.495 e. The number of anilines is 1. The van der Waals surface area contributed by atoms with E-state index in [-0.39, 0.29) is 12.3 Å². The lowest BCUT2D eigenvalue weighted by Gasteiger charge is -2.08. The summed E-state index contributed by atoms with van der Waals surface area (Å²) in [6.07, 6.45) is 3.67. The van der Waals surface area contributed by atoms with E-state index in [0.717, 1.165) is 0 Å². The number of methoxy groups -OCH3 is 1. The minimum absolute atomic E-state index is 0.143. The highest BCUT2D eigenvalue weighted by Crippen LogP contribution is 2.27. The van der Waals surface area contributed by atoms with E-state index in [9.17, 15) is 4.79 Å². The second-order valence-electron chi connectivity index (χ2n) is 4.03. The van der Waals surface area contributed by atoms with Crippen LogP contribution in [0.5, 0.6) is 5.75 Å². The summed E-state index contributed by atoms with van der Waals surface area (Å²) in [5.41, 5.74) is 0.630. The van der Waals surface area contributed by atoms with Gasteiger partial charge < -0.3 is 14.6 Å². The average molecular weight is 280 g/mol. The Morgan fingerprint density at radius 2 is 2.32 bits per heavy atom. The third kappa shape index (κ3) is 3.26. The van der Waals surface area contributed by atoms with Crippen LogP contribution < -0.4 is 10.1 Å². The van der Waals surface area contributed by atoms with Crippen LogP contribution in [0.15, 0.2) is 30.6 Å². The number of hydrogen-bond acceptors (Lipinski definition) is 3. The Bertz CT molecular complexity index is 595. The Balaban J connectivity index is 2.03. The van der Waals surface area contributed by atoms with E-state index in [4.69, 9.17) is 16.3 Å². The standard InChI is InChI=1S/C13H14ClN3O2/c1-17-6-5-15-12(17)8-13(18)16-9-3-4-11(19-2)10(14)7-9/h3-7H,8H2,1-2H3,(H,16,18). The third-order valence-corrected chi connectivity index (χ3v) is 2.97. The van der Waals surface area contributed by atoms with Crippen LogP contribution in [-0.2, 0) is 18.3 Å². The van der Waals surface area contributed by atoms with Gasteiger partial charge >= 0.3 is 0 Å². The molecule has 0 atom stereocenters. The van der Waals surface area contributed by atoms with E-state index in [1.54, 1.807) is 42.3 Å². The van der Waals surface area contributed by atoms with E-state index in [0.29, 0.717) is 22.3 Å².